The average molecular weight is 333 g/mol. The van der Waals surface area contributed by atoms with Crippen LogP contribution in [0, 0.1) is 6.92 Å². The molecule has 0 spiro atoms. The summed E-state index contributed by atoms with van der Waals surface area (Å²) >= 11 is 0. The van der Waals surface area contributed by atoms with Gasteiger partial charge >= 0.3 is 0 Å². The number of nitrogens with zero attached hydrogens (tertiary/aromatic N) is 1. The minimum atomic E-state index is 0.149. The van der Waals surface area contributed by atoms with Gasteiger partial charge in [0.05, 0.1) is 5.39 Å². The number of aromatic nitrogens is 1. The lowest BCUT2D eigenvalue weighted by molar-refractivity contribution is -0.659. The molecular formula is C24H30N+. The van der Waals surface area contributed by atoms with Crippen LogP contribution in [0.25, 0.3) is 22.0 Å². The lowest BCUT2D eigenvalue weighted by Gasteiger charge is -2.20. The van der Waals surface area contributed by atoms with E-state index in [9.17, 15) is 0 Å². The second kappa shape index (κ2) is 6.29. The van der Waals surface area contributed by atoms with E-state index in [1.54, 1.807) is 0 Å². The zero-order valence-corrected chi connectivity index (χ0v) is 16.6. The Kier molecular flexibility index (Phi) is 4.45. The lowest BCUT2D eigenvalue weighted by atomic mass is 9.84. The molecule has 25 heavy (non-hydrogen) atoms. The fourth-order valence-electron chi connectivity index (χ4n) is 3.43. The molecule has 0 atom stereocenters. The fourth-order valence-corrected chi connectivity index (χ4v) is 3.43. The van der Waals surface area contributed by atoms with E-state index in [-0.39, 0.29) is 5.41 Å². The van der Waals surface area contributed by atoms with Gasteiger partial charge < -0.3 is 0 Å². The quantitative estimate of drug-likeness (QED) is 0.502. The molecule has 2 aromatic carbocycles. The molecule has 0 bridgehead atoms. The highest BCUT2D eigenvalue weighted by Gasteiger charge is 2.21. The summed E-state index contributed by atoms with van der Waals surface area (Å²) in [4.78, 5) is 0. The molecule has 1 heteroatoms. The first-order valence-electron chi connectivity index (χ1n) is 9.22. The Bertz CT molecular complexity index is 927. The van der Waals surface area contributed by atoms with Gasteiger partial charge in [-0.1, -0.05) is 58.9 Å². The van der Waals surface area contributed by atoms with Crippen LogP contribution in [-0.4, -0.2) is 0 Å². The lowest BCUT2D eigenvalue weighted by Crippen LogP contribution is -2.31. The van der Waals surface area contributed by atoms with Crippen LogP contribution >= 0.6 is 0 Å². The second-order valence-electron chi connectivity index (χ2n) is 8.56. The third-order valence-corrected chi connectivity index (χ3v) is 5.19. The number of fused-ring (bicyclic) bond motifs is 1. The minimum Gasteiger partial charge on any atom is -0.200 e. The zero-order valence-electron chi connectivity index (χ0n) is 16.6. The molecule has 0 fully saturated rings. The van der Waals surface area contributed by atoms with Crippen LogP contribution in [0.1, 0.15) is 57.2 Å². The first kappa shape index (κ1) is 17.7. The van der Waals surface area contributed by atoms with Crippen molar-refractivity contribution >= 4 is 10.8 Å². The number of rotatable bonds is 2. The maximum Gasteiger partial charge on any atom is 0.220 e. The number of aryl methyl sites for hydroxylation is 2. The van der Waals surface area contributed by atoms with Crippen molar-refractivity contribution < 1.29 is 4.57 Å². The van der Waals surface area contributed by atoms with Crippen LogP contribution < -0.4 is 4.57 Å². The first-order chi connectivity index (χ1) is 11.7. The topological polar surface area (TPSA) is 3.88 Å². The molecule has 0 amide bonds. The fraction of sp³-hybridized carbons (Fsp3) is 0.375. The summed E-state index contributed by atoms with van der Waals surface area (Å²) < 4.78 is 2.26. The first-order valence-corrected chi connectivity index (χ1v) is 9.22. The van der Waals surface area contributed by atoms with E-state index < -0.39 is 0 Å². The van der Waals surface area contributed by atoms with Crippen LogP contribution in [0.4, 0.5) is 0 Å². The molecule has 0 aliphatic carbocycles. The molecule has 0 aliphatic rings. The molecule has 1 nitrogen and oxygen atoms in total. The third kappa shape index (κ3) is 3.33. The summed E-state index contributed by atoms with van der Waals surface area (Å²) in [7, 11) is 2.15. The van der Waals surface area contributed by atoms with E-state index in [1.807, 2.05) is 0 Å². The Morgan fingerprint density at radius 1 is 0.920 bits per heavy atom. The van der Waals surface area contributed by atoms with Crippen molar-refractivity contribution in [2.45, 2.75) is 52.9 Å². The summed E-state index contributed by atoms with van der Waals surface area (Å²) in [6.07, 6.45) is 2.19. The number of pyridine rings is 1. The Balaban J connectivity index is 2.30. The summed E-state index contributed by atoms with van der Waals surface area (Å²) in [6, 6.07) is 16.0. The summed E-state index contributed by atoms with van der Waals surface area (Å²) in [5.74, 6) is 0.549. The Labute approximate surface area is 152 Å². The van der Waals surface area contributed by atoms with Crippen LogP contribution in [0.2, 0.25) is 0 Å². The normalized spacial score (nSPS) is 12.2. The molecule has 3 rings (SSSR count). The molecule has 0 radical (unpaired) electrons. The van der Waals surface area contributed by atoms with Crippen LogP contribution in [0.5, 0.6) is 0 Å². The van der Waals surface area contributed by atoms with Gasteiger partial charge in [-0.05, 0) is 52.5 Å². The van der Waals surface area contributed by atoms with E-state index in [2.05, 4.69) is 102 Å². The predicted molar refractivity (Wildman–Crippen MR) is 108 cm³/mol. The van der Waals surface area contributed by atoms with Gasteiger partial charge in [-0.25, -0.2) is 4.57 Å². The van der Waals surface area contributed by atoms with Crippen molar-refractivity contribution in [2.24, 2.45) is 7.05 Å². The Hall–Kier alpha value is -2.15. The molecule has 1 aromatic heterocycles. The molecule has 1 heterocycles. The monoisotopic (exact) mass is 332 g/mol. The van der Waals surface area contributed by atoms with Gasteiger partial charge in [-0.15, -0.1) is 0 Å². The molecule has 0 saturated heterocycles. The van der Waals surface area contributed by atoms with E-state index in [0.717, 1.165) is 0 Å². The van der Waals surface area contributed by atoms with Gasteiger partial charge in [0, 0.05) is 11.6 Å². The smallest absolute Gasteiger partial charge is 0.200 e. The molecule has 130 valence electrons. The SMILES string of the molecule is Cc1ccc(C(C)(C)C)cc1-c1c2ccc(C(C)C)cc2cc[n+]1C. The zero-order chi connectivity index (χ0) is 18.4. The minimum absolute atomic E-state index is 0.149. The molecule has 0 aliphatic heterocycles. The van der Waals surface area contributed by atoms with Crippen LogP contribution in [0.15, 0.2) is 48.7 Å². The highest BCUT2D eigenvalue weighted by Crippen LogP contribution is 2.33. The summed E-state index contributed by atoms with van der Waals surface area (Å²) in [5, 5.41) is 2.64. The van der Waals surface area contributed by atoms with E-state index in [0.29, 0.717) is 5.92 Å². The van der Waals surface area contributed by atoms with Crippen LogP contribution in [0.3, 0.4) is 0 Å². The van der Waals surface area contributed by atoms with Crippen molar-refractivity contribution in [1.29, 1.82) is 0 Å². The van der Waals surface area contributed by atoms with E-state index in [4.69, 9.17) is 0 Å². The molecule has 0 unspecified atom stereocenters. The molecule has 0 N–H and O–H groups in total. The predicted octanol–water partition coefficient (Wildman–Crippen LogP) is 6.06. The Morgan fingerprint density at radius 3 is 2.28 bits per heavy atom. The van der Waals surface area contributed by atoms with Crippen molar-refractivity contribution in [3.63, 3.8) is 0 Å². The van der Waals surface area contributed by atoms with Crippen LogP contribution in [-0.2, 0) is 12.5 Å². The largest absolute Gasteiger partial charge is 0.220 e. The second-order valence-corrected chi connectivity index (χ2v) is 8.56. The average Bonchev–Trinajstić information content (AvgIpc) is 2.54. The van der Waals surface area contributed by atoms with E-state index >= 15 is 0 Å². The van der Waals surface area contributed by atoms with Gasteiger partial charge in [-0.2, -0.15) is 0 Å². The summed E-state index contributed by atoms with van der Waals surface area (Å²) in [5.41, 5.74) is 6.88. The molecular weight excluding hydrogens is 302 g/mol. The van der Waals surface area contributed by atoms with Gasteiger partial charge in [-0.3, -0.25) is 0 Å². The third-order valence-electron chi connectivity index (χ3n) is 5.19. The number of benzene rings is 2. The Morgan fingerprint density at radius 2 is 1.64 bits per heavy atom. The van der Waals surface area contributed by atoms with Gasteiger partial charge in [0.2, 0.25) is 5.69 Å². The number of hydrogen-bond acceptors (Lipinski definition) is 0. The maximum atomic E-state index is 2.38. The van der Waals surface area contributed by atoms with Crippen molar-refractivity contribution in [1.82, 2.24) is 0 Å². The summed E-state index contributed by atoms with van der Waals surface area (Å²) in [6.45, 7) is 13.5. The number of hydrogen-bond donors (Lipinski definition) is 0. The highest BCUT2D eigenvalue weighted by molar-refractivity contribution is 5.94. The van der Waals surface area contributed by atoms with Crippen molar-refractivity contribution in [2.75, 3.05) is 0 Å². The standard InChI is InChI=1S/C24H30N/c1-16(2)18-9-11-21-19(14-18)12-13-25(7)23(21)22-15-20(24(4,5)6)10-8-17(22)3/h8-16H,1-7H3/q+1. The highest BCUT2D eigenvalue weighted by atomic mass is 14.9. The maximum absolute atomic E-state index is 2.38. The van der Waals surface area contributed by atoms with E-state index in [1.165, 1.54) is 38.7 Å². The molecule has 3 aromatic rings. The van der Waals surface area contributed by atoms with Gasteiger partial charge in [0.1, 0.15) is 7.05 Å². The van der Waals surface area contributed by atoms with Gasteiger partial charge in [0.25, 0.3) is 0 Å². The van der Waals surface area contributed by atoms with Crippen molar-refractivity contribution in [3.8, 4) is 11.3 Å². The van der Waals surface area contributed by atoms with Crippen molar-refractivity contribution in [3.05, 3.63) is 65.4 Å². The van der Waals surface area contributed by atoms with Gasteiger partial charge in [0.15, 0.2) is 6.20 Å². The molecule has 0 saturated carbocycles.